The van der Waals surface area contributed by atoms with Crippen molar-refractivity contribution in [2.45, 2.75) is 4.90 Å². The predicted octanol–water partition coefficient (Wildman–Crippen LogP) is 0.415. The number of carbonyl (C=O) groups is 1. The lowest BCUT2D eigenvalue weighted by Gasteiger charge is -2.09. The van der Waals surface area contributed by atoms with Gasteiger partial charge in [0.05, 0.1) is 4.90 Å². The van der Waals surface area contributed by atoms with E-state index in [0.717, 1.165) is 6.07 Å². The lowest BCUT2D eigenvalue weighted by molar-refractivity contribution is 0.100. The van der Waals surface area contributed by atoms with Crippen molar-refractivity contribution in [1.29, 1.82) is 0 Å². The molecule has 0 atom stereocenters. The first-order valence-electron chi connectivity index (χ1n) is 6.15. The third-order valence-corrected chi connectivity index (χ3v) is 3.80. The van der Waals surface area contributed by atoms with E-state index >= 15 is 0 Å². The SMILES string of the molecule is NC(N)=NC(=O)c1ccc(-c2ccccc2)c(S(N)(=O)=O)c1. The van der Waals surface area contributed by atoms with E-state index in [0.29, 0.717) is 11.1 Å². The highest BCUT2D eigenvalue weighted by atomic mass is 32.2. The van der Waals surface area contributed by atoms with Crippen LogP contribution in [0, 0.1) is 0 Å². The van der Waals surface area contributed by atoms with Gasteiger partial charge in [-0.1, -0.05) is 36.4 Å². The Morgan fingerprint density at radius 3 is 2.18 bits per heavy atom. The lowest BCUT2D eigenvalue weighted by atomic mass is 10.0. The zero-order chi connectivity index (χ0) is 16.3. The van der Waals surface area contributed by atoms with E-state index in [1.165, 1.54) is 12.1 Å². The van der Waals surface area contributed by atoms with Gasteiger partial charge in [-0.05, 0) is 17.7 Å². The number of nitrogens with two attached hydrogens (primary N) is 3. The molecule has 0 aliphatic heterocycles. The molecule has 1 amide bonds. The number of hydrogen-bond acceptors (Lipinski definition) is 3. The van der Waals surface area contributed by atoms with Crippen molar-refractivity contribution in [3.8, 4) is 11.1 Å². The summed E-state index contributed by atoms with van der Waals surface area (Å²) in [7, 11) is -4.03. The summed E-state index contributed by atoms with van der Waals surface area (Å²) in [6.45, 7) is 0. The molecule has 0 aromatic heterocycles. The minimum atomic E-state index is -4.03. The van der Waals surface area contributed by atoms with Crippen LogP contribution in [0.3, 0.4) is 0 Å². The van der Waals surface area contributed by atoms with Crippen LogP contribution in [0.1, 0.15) is 10.4 Å². The number of hydrogen-bond donors (Lipinski definition) is 3. The molecule has 0 fully saturated rings. The molecule has 0 aliphatic carbocycles. The predicted molar refractivity (Wildman–Crippen MR) is 83.4 cm³/mol. The Morgan fingerprint density at radius 2 is 1.64 bits per heavy atom. The minimum Gasteiger partial charge on any atom is -0.370 e. The molecular formula is C14H14N4O3S. The smallest absolute Gasteiger partial charge is 0.280 e. The number of aliphatic imine (C=N–C) groups is 1. The second-order valence-corrected chi connectivity index (χ2v) is 5.99. The summed E-state index contributed by atoms with van der Waals surface area (Å²) >= 11 is 0. The van der Waals surface area contributed by atoms with Crippen LogP contribution in [-0.4, -0.2) is 20.3 Å². The third kappa shape index (κ3) is 3.48. The first-order valence-corrected chi connectivity index (χ1v) is 7.70. The van der Waals surface area contributed by atoms with Gasteiger partial charge in [0.1, 0.15) is 0 Å². The molecule has 0 bridgehead atoms. The molecule has 114 valence electrons. The van der Waals surface area contributed by atoms with Crippen LogP contribution in [0.5, 0.6) is 0 Å². The molecule has 0 spiro atoms. The van der Waals surface area contributed by atoms with Gasteiger partial charge in [-0.2, -0.15) is 4.99 Å². The van der Waals surface area contributed by atoms with Gasteiger partial charge < -0.3 is 11.5 Å². The molecule has 2 rings (SSSR count). The van der Waals surface area contributed by atoms with Crippen LogP contribution >= 0.6 is 0 Å². The van der Waals surface area contributed by atoms with Gasteiger partial charge in [0.2, 0.25) is 10.0 Å². The highest BCUT2D eigenvalue weighted by Gasteiger charge is 2.18. The fraction of sp³-hybridized carbons (Fsp3) is 0. The van der Waals surface area contributed by atoms with Crippen LogP contribution in [0.2, 0.25) is 0 Å². The van der Waals surface area contributed by atoms with E-state index in [4.69, 9.17) is 16.6 Å². The first kappa shape index (κ1) is 15.7. The van der Waals surface area contributed by atoms with Crippen molar-refractivity contribution in [3.05, 3.63) is 54.1 Å². The lowest BCUT2D eigenvalue weighted by Crippen LogP contribution is -2.24. The van der Waals surface area contributed by atoms with Crippen LogP contribution in [-0.2, 0) is 10.0 Å². The molecule has 0 saturated carbocycles. The third-order valence-electron chi connectivity index (χ3n) is 2.85. The second-order valence-electron chi connectivity index (χ2n) is 4.46. The molecule has 0 unspecified atom stereocenters. The standard InChI is InChI=1S/C14H14N4O3S/c15-14(16)18-13(19)10-6-7-11(9-4-2-1-3-5-9)12(8-10)22(17,20)21/h1-8H,(H2,17,20,21)(H4,15,16,18,19). The van der Waals surface area contributed by atoms with Crippen molar-refractivity contribution < 1.29 is 13.2 Å². The van der Waals surface area contributed by atoms with Gasteiger partial charge in [-0.25, -0.2) is 13.6 Å². The average Bonchev–Trinajstić information content (AvgIpc) is 2.46. The summed E-state index contributed by atoms with van der Waals surface area (Å²) in [6.07, 6.45) is 0. The fourth-order valence-electron chi connectivity index (χ4n) is 1.93. The largest absolute Gasteiger partial charge is 0.370 e. The number of primary sulfonamides is 1. The number of benzene rings is 2. The molecular weight excluding hydrogens is 304 g/mol. The molecule has 0 heterocycles. The summed E-state index contributed by atoms with van der Waals surface area (Å²) in [4.78, 5) is 15.0. The van der Waals surface area contributed by atoms with Crippen LogP contribution in [0.15, 0.2) is 58.4 Å². The van der Waals surface area contributed by atoms with Gasteiger partial charge in [0, 0.05) is 11.1 Å². The molecule has 8 heteroatoms. The summed E-state index contributed by atoms with van der Waals surface area (Å²) in [5.41, 5.74) is 11.4. The van der Waals surface area contributed by atoms with Crippen molar-refractivity contribution in [2.24, 2.45) is 21.6 Å². The topological polar surface area (TPSA) is 142 Å². The normalized spacial score (nSPS) is 11.0. The number of nitrogens with zero attached hydrogens (tertiary/aromatic N) is 1. The van der Waals surface area contributed by atoms with Crippen LogP contribution < -0.4 is 16.6 Å². The fourth-order valence-corrected chi connectivity index (χ4v) is 2.71. The zero-order valence-corrected chi connectivity index (χ0v) is 12.2. The number of amides is 1. The summed E-state index contributed by atoms with van der Waals surface area (Å²) in [5, 5.41) is 5.24. The Morgan fingerprint density at radius 1 is 1.00 bits per heavy atom. The number of carbonyl (C=O) groups excluding carboxylic acids is 1. The summed E-state index contributed by atoms with van der Waals surface area (Å²) in [6, 6.07) is 12.9. The van der Waals surface area contributed by atoms with E-state index in [1.54, 1.807) is 30.3 Å². The van der Waals surface area contributed by atoms with Gasteiger partial charge in [-0.15, -0.1) is 0 Å². The molecule has 2 aromatic rings. The quantitative estimate of drug-likeness (QED) is 0.555. The van der Waals surface area contributed by atoms with Crippen molar-refractivity contribution in [2.75, 3.05) is 0 Å². The molecule has 22 heavy (non-hydrogen) atoms. The molecule has 7 nitrogen and oxygen atoms in total. The Hall–Kier alpha value is -2.71. The zero-order valence-electron chi connectivity index (χ0n) is 11.4. The average molecular weight is 318 g/mol. The van der Waals surface area contributed by atoms with E-state index in [2.05, 4.69) is 4.99 Å². The highest BCUT2D eigenvalue weighted by molar-refractivity contribution is 7.89. The Labute approximate surface area is 127 Å². The maximum absolute atomic E-state index is 11.8. The van der Waals surface area contributed by atoms with Crippen LogP contribution in [0.25, 0.3) is 11.1 Å². The van der Waals surface area contributed by atoms with Gasteiger partial charge in [0.25, 0.3) is 5.91 Å². The van der Waals surface area contributed by atoms with Gasteiger partial charge >= 0.3 is 0 Å². The van der Waals surface area contributed by atoms with Gasteiger partial charge in [0.15, 0.2) is 5.96 Å². The summed E-state index contributed by atoms with van der Waals surface area (Å²) in [5.74, 6) is -1.15. The first-order chi connectivity index (χ1) is 10.3. The minimum absolute atomic E-state index is 0.0251. The molecule has 0 aliphatic rings. The van der Waals surface area contributed by atoms with E-state index in [9.17, 15) is 13.2 Å². The van der Waals surface area contributed by atoms with Gasteiger partial charge in [-0.3, -0.25) is 4.79 Å². The highest BCUT2D eigenvalue weighted by Crippen LogP contribution is 2.27. The van der Waals surface area contributed by atoms with E-state index in [1.807, 2.05) is 0 Å². The molecule has 2 aromatic carbocycles. The number of guanidine groups is 1. The number of rotatable bonds is 3. The van der Waals surface area contributed by atoms with Crippen molar-refractivity contribution in [1.82, 2.24) is 0 Å². The van der Waals surface area contributed by atoms with Crippen molar-refractivity contribution >= 4 is 21.9 Å². The Balaban J connectivity index is 2.64. The van der Waals surface area contributed by atoms with Crippen molar-refractivity contribution in [3.63, 3.8) is 0 Å². The van der Waals surface area contributed by atoms with E-state index in [-0.39, 0.29) is 10.5 Å². The van der Waals surface area contributed by atoms with Crippen LogP contribution in [0.4, 0.5) is 0 Å². The second kappa shape index (κ2) is 5.96. The monoisotopic (exact) mass is 318 g/mol. The maximum Gasteiger partial charge on any atom is 0.280 e. The Kier molecular flexibility index (Phi) is 4.25. The Bertz CT molecular complexity index is 842. The maximum atomic E-state index is 11.8. The summed E-state index contributed by atoms with van der Waals surface area (Å²) < 4.78 is 23.6. The molecule has 0 radical (unpaired) electrons. The molecule has 0 saturated heterocycles. The number of sulfonamides is 1. The molecule has 6 N–H and O–H groups in total. The van der Waals surface area contributed by atoms with E-state index < -0.39 is 21.9 Å².